The highest BCUT2D eigenvalue weighted by Crippen LogP contribution is 2.23. The zero-order valence-corrected chi connectivity index (χ0v) is 18.9. The Hall–Kier alpha value is -2.69. The second-order valence-electron chi connectivity index (χ2n) is 5.99. The molecule has 0 saturated heterocycles. The number of ether oxygens (including phenoxy) is 3. The van der Waals surface area contributed by atoms with Crippen molar-refractivity contribution in [2.24, 2.45) is 0 Å². The lowest BCUT2D eigenvalue weighted by atomic mass is 10.2. The Morgan fingerprint density at radius 3 is 2.53 bits per heavy atom. The summed E-state index contributed by atoms with van der Waals surface area (Å²) in [4.78, 5) is 24.5. The van der Waals surface area contributed by atoms with Gasteiger partial charge in [0.2, 0.25) is 0 Å². The fourth-order valence-electron chi connectivity index (χ4n) is 2.27. The number of thiocarbonyl (C=S) groups is 1. The third-order valence-electron chi connectivity index (χ3n) is 3.73. The van der Waals surface area contributed by atoms with Crippen LogP contribution in [0, 0.1) is 6.92 Å². The zero-order valence-electron chi connectivity index (χ0n) is 16.5. The standard InChI is InChI=1S/C20H22BrN3O5S/c1-13-5-3-4-6-16(13)29-12-18(25)23-24-20(30)22-19(26)15-11-14(21)7-8-17(15)28-10-9-27-2/h3-8,11H,9-10,12H2,1-2H3,(H,23,25)(H2,22,24,26,30). The first-order valence-electron chi connectivity index (χ1n) is 8.90. The van der Waals surface area contributed by atoms with Crippen molar-refractivity contribution in [2.75, 3.05) is 26.9 Å². The second kappa shape index (κ2) is 12.1. The van der Waals surface area contributed by atoms with E-state index in [1.807, 2.05) is 25.1 Å². The summed E-state index contributed by atoms with van der Waals surface area (Å²) in [5.41, 5.74) is 6.03. The Morgan fingerprint density at radius 2 is 1.80 bits per heavy atom. The maximum atomic E-state index is 12.5. The van der Waals surface area contributed by atoms with E-state index < -0.39 is 11.8 Å². The van der Waals surface area contributed by atoms with Crippen molar-refractivity contribution in [1.29, 1.82) is 0 Å². The van der Waals surface area contributed by atoms with Gasteiger partial charge in [-0.3, -0.25) is 25.8 Å². The lowest BCUT2D eigenvalue weighted by Gasteiger charge is -2.14. The predicted molar refractivity (Wildman–Crippen MR) is 120 cm³/mol. The van der Waals surface area contributed by atoms with Crippen LogP contribution >= 0.6 is 28.1 Å². The second-order valence-corrected chi connectivity index (χ2v) is 7.32. The number of carbonyl (C=O) groups excluding carboxylic acids is 2. The van der Waals surface area contributed by atoms with Gasteiger partial charge in [-0.25, -0.2) is 0 Å². The summed E-state index contributed by atoms with van der Waals surface area (Å²) in [5, 5.41) is 2.41. The molecule has 2 amide bonds. The number of aryl methyl sites for hydroxylation is 1. The molecule has 30 heavy (non-hydrogen) atoms. The molecule has 0 aromatic heterocycles. The number of amides is 2. The Labute approximate surface area is 188 Å². The molecule has 160 valence electrons. The number of hydrogen-bond donors (Lipinski definition) is 3. The van der Waals surface area contributed by atoms with Crippen molar-refractivity contribution in [1.82, 2.24) is 16.2 Å². The number of methoxy groups -OCH3 is 1. The van der Waals surface area contributed by atoms with Crippen molar-refractivity contribution in [3.63, 3.8) is 0 Å². The van der Waals surface area contributed by atoms with Gasteiger partial charge in [0, 0.05) is 11.6 Å². The number of hydrazine groups is 1. The summed E-state index contributed by atoms with van der Waals surface area (Å²) in [6.07, 6.45) is 0. The maximum Gasteiger partial charge on any atom is 0.276 e. The van der Waals surface area contributed by atoms with Crippen LogP contribution in [0.5, 0.6) is 11.5 Å². The Bertz CT molecular complexity index is 910. The molecule has 0 spiro atoms. The summed E-state index contributed by atoms with van der Waals surface area (Å²) < 4.78 is 16.6. The fourth-order valence-corrected chi connectivity index (χ4v) is 2.77. The van der Waals surface area contributed by atoms with Crippen LogP contribution < -0.4 is 25.6 Å². The van der Waals surface area contributed by atoms with E-state index in [1.165, 1.54) is 0 Å². The van der Waals surface area contributed by atoms with Crippen LogP contribution in [0.15, 0.2) is 46.9 Å². The third kappa shape index (κ3) is 7.62. The zero-order chi connectivity index (χ0) is 21.9. The summed E-state index contributed by atoms with van der Waals surface area (Å²) >= 11 is 8.38. The van der Waals surface area contributed by atoms with Gasteiger partial charge in [0.1, 0.15) is 18.1 Å². The largest absolute Gasteiger partial charge is 0.490 e. The third-order valence-corrected chi connectivity index (χ3v) is 4.42. The molecule has 0 atom stereocenters. The van der Waals surface area contributed by atoms with Crippen LogP contribution in [0.25, 0.3) is 0 Å². The minimum absolute atomic E-state index is 0.0768. The molecule has 0 aliphatic carbocycles. The van der Waals surface area contributed by atoms with Gasteiger partial charge < -0.3 is 14.2 Å². The van der Waals surface area contributed by atoms with Gasteiger partial charge in [0.25, 0.3) is 11.8 Å². The highest BCUT2D eigenvalue weighted by Gasteiger charge is 2.15. The maximum absolute atomic E-state index is 12.5. The van der Waals surface area contributed by atoms with Crippen molar-refractivity contribution in [3.05, 3.63) is 58.1 Å². The van der Waals surface area contributed by atoms with E-state index >= 15 is 0 Å². The van der Waals surface area contributed by atoms with Crippen molar-refractivity contribution < 1.29 is 23.8 Å². The lowest BCUT2D eigenvalue weighted by molar-refractivity contribution is -0.123. The van der Waals surface area contributed by atoms with Crippen LogP contribution in [-0.2, 0) is 9.53 Å². The molecule has 0 fully saturated rings. The molecule has 0 saturated carbocycles. The van der Waals surface area contributed by atoms with Gasteiger partial charge in [-0.05, 0) is 49.0 Å². The van der Waals surface area contributed by atoms with E-state index in [0.29, 0.717) is 22.6 Å². The topological polar surface area (TPSA) is 97.9 Å². The number of nitrogens with one attached hydrogen (secondary N) is 3. The first kappa shape index (κ1) is 23.6. The highest BCUT2D eigenvalue weighted by molar-refractivity contribution is 9.10. The molecule has 0 heterocycles. The van der Waals surface area contributed by atoms with E-state index in [2.05, 4.69) is 32.1 Å². The van der Waals surface area contributed by atoms with Gasteiger partial charge in [-0.15, -0.1) is 0 Å². The number of halogens is 1. The summed E-state index contributed by atoms with van der Waals surface area (Å²) in [6, 6.07) is 12.4. The van der Waals surface area contributed by atoms with Crippen molar-refractivity contribution in [3.8, 4) is 11.5 Å². The summed E-state index contributed by atoms with van der Waals surface area (Å²) in [7, 11) is 1.56. The Kier molecular flexibility index (Phi) is 9.52. The quantitative estimate of drug-likeness (QED) is 0.294. The SMILES string of the molecule is COCCOc1ccc(Br)cc1C(=O)NC(=S)NNC(=O)COc1ccccc1C. The molecule has 0 radical (unpaired) electrons. The van der Waals surface area contributed by atoms with Crippen LogP contribution in [-0.4, -0.2) is 43.9 Å². The summed E-state index contributed by atoms with van der Waals surface area (Å²) in [5.74, 6) is 0.0397. The van der Waals surface area contributed by atoms with Crippen molar-refractivity contribution in [2.45, 2.75) is 6.92 Å². The first-order valence-corrected chi connectivity index (χ1v) is 10.1. The molecule has 10 heteroatoms. The molecule has 2 aromatic carbocycles. The van der Waals surface area contributed by atoms with Gasteiger partial charge in [0.15, 0.2) is 11.7 Å². The molecular formula is C20H22BrN3O5S. The lowest BCUT2D eigenvalue weighted by Crippen LogP contribution is -2.49. The Morgan fingerprint density at radius 1 is 1.03 bits per heavy atom. The minimum atomic E-state index is -0.494. The van der Waals surface area contributed by atoms with Crippen LogP contribution in [0.3, 0.4) is 0 Å². The average Bonchev–Trinajstić information content (AvgIpc) is 2.72. The number of benzene rings is 2. The Balaban J connectivity index is 1.84. The van der Waals surface area contributed by atoms with Gasteiger partial charge in [-0.1, -0.05) is 34.1 Å². The van der Waals surface area contributed by atoms with E-state index in [4.69, 9.17) is 26.4 Å². The number of rotatable bonds is 8. The van der Waals surface area contributed by atoms with Gasteiger partial charge >= 0.3 is 0 Å². The predicted octanol–water partition coefficient (Wildman–Crippen LogP) is 2.50. The number of para-hydroxylation sites is 1. The molecule has 8 nitrogen and oxygen atoms in total. The normalized spacial score (nSPS) is 10.1. The van der Waals surface area contributed by atoms with Crippen LogP contribution in [0.4, 0.5) is 0 Å². The van der Waals surface area contributed by atoms with Gasteiger partial charge in [0.05, 0.1) is 12.2 Å². The molecule has 2 rings (SSSR count). The van der Waals surface area contributed by atoms with E-state index in [-0.39, 0.29) is 23.9 Å². The summed E-state index contributed by atoms with van der Waals surface area (Å²) in [6.45, 7) is 2.34. The monoisotopic (exact) mass is 495 g/mol. The fraction of sp³-hybridized carbons (Fsp3) is 0.250. The number of carbonyl (C=O) groups is 2. The van der Waals surface area contributed by atoms with E-state index in [9.17, 15) is 9.59 Å². The molecule has 0 aliphatic rings. The first-order chi connectivity index (χ1) is 14.4. The van der Waals surface area contributed by atoms with E-state index in [0.717, 1.165) is 5.56 Å². The molecule has 2 aromatic rings. The highest BCUT2D eigenvalue weighted by atomic mass is 79.9. The average molecular weight is 496 g/mol. The minimum Gasteiger partial charge on any atom is -0.490 e. The molecule has 0 bridgehead atoms. The molecule has 0 aliphatic heterocycles. The molecule has 3 N–H and O–H groups in total. The molecular weight excluding hydrogens is 474 g/mol. The van der Waals surface area contributed by atoms with Crippen LogP contribution in [0.1, 0.15) is 15.9 Å². The van der Waals surface area contributed by atoms with Crippen LogP contribution in [0.2, 0.25) is 0 Å². The number of hydrogen-bond acceptors (Lipinski definition) is 6. The van der Waals surface area contributed by atoms with Crippen molar-refractivity contribution >= 4 is 45.1 Å². The molecule has 0 unspecified atom stereocenters. The van der Waals surface area contributed by atoms with E-state index in [1.54, 1.807) is 31.4 Å². The van der Waals surface area contributed by atoms with Gasteiger partial charge in [-0.2, -0.15) is 0 Å². The smallest absolute Gasteiger partial charge is 0.276 e.